The van der Waals surface area contributed by atoms with Crippen LogP contribution < -0.4 is 0 Å². The Morgan fingerprint density at radius 2 is 2.44 bits per heavy atom. The van der Waals surface area contributed by atoms with E-state index in [1.165, 1.54) is 0 Å². The van der Waals surface area contributed by atoms with Crippen molar-refractivity contribution >= 4 is 0 Å². The molecule has 1 aliphatic carbocycles. The van der Waals surface area contributed by atoms with E-state index in [4.69, 9.17) is 0 Å². The molecular formula is C14H21N3O. The van der Waals surface area contributed by atoms with Crippen LogP contribution in [0.3, 0.4) is 0 Å². The van der Waals surface area contributed by atoms with Crippen molar-refractivity contribution in [3.63, 3.8) is 0 Å². The second-order valence-electron chi connectivity index (χ2n) is 5.32. The van der Waals surface area contributed by atoms with Gasteiger partial charge < -0.3 is 5.11 Å². The summed E-state index contributed by atoms with van der Waals surface area (Å²) in [4.78, 5) is 0. The molecule has 2 rings (SSSR count). The lowest BCUT2D eigenvalue weighted by Gasteiger charge is -2.26. The van der Waals surface area contributed by atoms with Gasteiger partial charge in [0.1, 0.15) is 6.10 Å². The SMILES string of the molecule is CCC1CCC(C#N)(C(O)c2cnn(CC)c2)C1. The van der Waals surface area contributed by atoms with E-state index >= 15 is 0 Å². The van der Waals surface area contributed by atoms with Crippen molar-refractivity contribution < 1.29 is 5.11 Å². The normalized spacial score (nSPS) is 29.1. The molecule has 3 atom stereocenters. The average Bonchev–Trinajstić information content (AvgIpc) is 3.05. The first kappa shape index (κ1) is 13.1. The summed E-state index contributed by atoms with van der Waals surface area (Å²) in [5.41, 5.74) is 0.164. The molecule has 18 heavy (non-hydrogen) atoms. The van der Waals surface area contributed by atoms with Crippen molar-refractivity contribution in [1.82, 2.24) is 9.78 Å². The molecule has 0 radical (unpaired) electrons. The summed E-state index contributed by atoms with van der Waals surface area (Å²) in [6.45, 7) is 4.94. The van der Waals surface area contributed by atoms with Crippen LogP contribution in [0.15, 0.2) is 12.4 Å². The van der Waals surface area contributed by atoms with E-state index in [1.54, 1.807) is 10.9 Å². The number of nitriles is 1. The van der Waals surface area contributed by atoms with Gasteiger partial charge in [-0.05, 0) is 32.1 Å². The van der Waals surface area contributed by atoms with E-state index in [0.717, 1.165) is 37.8 Å². The smallest absolute Gasteiger partial charge is 0.101 e. The summed E-state index contributed by atoms with van der Waals surface area (Å²) in [6.07, 6.45) is 6.56. The van der Waals surface area contributed by atoms with Crippen molar-refractivity contribution in [1.29, 1.82) is 5.26 Å². The predicted octanol–water partition coefficient (Wildman–Crippen LogP) is 2.66. The van der Waals surface area contributed by atoms with Gasteiger partial charge in [0.2, 0.25) is 0 Å². The fourth-order valence-electron chi connectivity index (χ4n) is 2.95. The van der Waals surface area contributed by atoms with Gasteiger partial charge in [0, 0.05) is 18.3 Å². The van der Waals surface area contributed by atoms with E-state index in [2.05, 4.69) is 18.1 Å². The van der Waals surface area contributed by atoms with Gasteiger partial charge in [0.05, 0.1) is 17.7 Å². The van der Waals surface area contributed by atoms with E-state index in [-0.39, 0.29) is 0 Å². The van der Waals surface area contributed by atoms with E-state index in [0.29, 0.717) is 5.92 Å². The Labute approximate surface area is 108 Å². The Bertz CT molecular complexity index is 448. The van der Waals surface area contributed by atoms with Gasteiger partial charge in [0.25, 0.3) is 0 Å². The molecule has 4 heteroatoms. The molecule has 0 aliphatic heterocycles. The molecule has 1 saturated carbocycles. The quantitative estimate of drug-likeness (QED) is 0.889. The lowest BCUT2D eigenvalue weighted by Crippen LogP contribution is -2.24. The van der Waals surface area contributed by atoms with Crippen molar-refractivity contribution in [2.24, 2.45) is 11.3 Å². The molecule has 98 valence electrons. The minimum absolute atomic E-state index is 0.570. The molecule has 0 bridgehead atoms. The second-order valence-corrected chi connectivity index (χ2v) is 5.32. The first-order chi connectivity index (χ1) is 8.65. The molecule has 1 N–H and O–H groups in total. The Hall–Kier alpha value is -1.34. The maximum Gasteiger partial charge on any atom is 0.101 e. The van der Waals surface area contributed by atoms with Crippen molar-refractivity contribution in [2.75, 3.05) is 0 Å². The molecule has 1 aromatic rings. The lowest BCUT2D eigenvalue weighted by atomic mass is 9.78. The molecule has 3 unspecified atom stereocenters. The molecule has 0 amide bonds. The standard InChI is InChI=1S/C14H21N3O/c1-3-11-5-6-14(7-11,10-15)13(18)12-8-16-17(4-2)9-12/h8-9,11,13,18H,3-7H2,1-2H3. The molecule has 1 aromatic heterocycles. The van der Waals surface area contributed by atoms with Gasteiger partial charge in [-0.3, -0.25) is 4.68 Å². The number of nitrogens with zero attached hydrogens (tertiary/aromatic N) is 3. The van der Waals surface area contributed by atoms with Crippen LogP contribution in [0.1, 0.15) is 51.2 Å². The van der Waals surface area contributed by atoms with Gasteiger partial charge in [-0.25, -0.2) is 0 Å². The predicted molar refractivity (Wildman–Crippen MR) is 68.5 cm³/mol. The summed E-state index contributed by atoms with van der Waals surface area (Å²) in [5.74, 6) is 0.570. The number of rotatable bonds is 4. The van der Waals surface area contributed by atoms with Crippen molar-refractivity contribution in [3.8, 4) is 6.07 Å². The van der Waals surface area contributed by atoms with Gasteiger partial charge in [-0.1, -0.05) is 13.3 Å². The molecule has 0 aromatic carbocycles. The zero-order valence-electron chi connectivity index (χ0n) is 11.1. The van der Waals surface area contributed by atoms with E-state index < -0.39 is 11.5 Å². The van der Waals surface area contributed by atoms with Crippen molar-refractivity contribution in [2.45, 2.75) is 52.2 Å². The van der Waals surface area contributed by atoms with E-state index in [1.807, 2.05) is 13.1 Å². The van der Waals surface area contributed by atoms with Crippen LogP contribution in [-0.2, 0) is 6.54 Å². The molecule has 0 spiro atoms. The summed E-state index contributed by atoms with van der Waals surface area (Å²) in [5, 5.41) is 24.2. The van der Waals surface area contributed by atoms with Crippen LogP contribution in [0.25, 0.3) is 0 Å². The topological polar surface area (TPSA) is 61.8 Å². The number of aryl methyl sites for hydroxylation is 1. The number of hydrogen-bond donors (Lipinski definition) is 1. The minimum Gasteiger partial charge on any atom is -0.387 e. The van der Waals surface area contributed by atoms with Crippen LogP contribution in [-0.4, -0.2) is 14.9 Å². The van der Waals surface area contributed by atoms with Crippen LogP contribution >= 0.6 is 0 Å². The number of hydrogen-bond acceptors (Lipinski definition) is 3. The third-order valence-electron chi connectivity index (χ3n) is 4.27. The Kier molecular flexibility index (Phi) is 3.72. The molecule has 1 aliphatic rings. The molecular weight excluding hydrogens is 226 g/mol. The van der Waals surface area contributed by atoms with E-state index in [9.17, 15) is 10.4 Å². The Morgan fingerprint density at radius 1 is 1.67 bits per heavy atom. The molecule has 1 fully saturated rings. The largest absolute Gasteiger partial charge is 0.387 e. The maximum atomic E-state index is 10.5. The van der Waals surface area contributed by atoms with Gasteiger partial charge in [-0.2, -0.15) is 10.4 Å². The Morgan fingerprint density at radius 3 is 2.94 bits per heavy atom. The zero-order valence-corrected chi connectivity index (χ0v) is 11.1. The van der Waals surface area contributed by atoms with Crippen LogP contribution in [0.5, 0.6) is 0 Å². The van der Waals surface area contributed by atoms with Gasteiger partial charge in [-0.15, -0.1) is 0 Å². The minimum atomic E-state index is -0.709. The zero-order chi connectivity index (χ0) is 13.2. The fraction of sp³-hybridized carbons (Fsp3) is 0.714. The highest BCUT2D eigenvalue weighted by Gasteiger charge is 2.45. The number of aromatic nitrogens is 2. The fourth-order valence-corrected chi connectivity index (χ4v) is 2.95. The second kappa shape index (κ2) is 5.11. The van der Waals surface area contributed by atoms with Gasteiger partial charge >= 0.3 is 0 Å². The van der Waals surface area contributed by atoms with Crippen LogP contribution in [0, 0.1) is 22.7 Å². The lowest BCUT2D eigenvalue weighted by molar-refractivity contribution is 0.0640. The Balaban J connectivity index is 2.21. The summed E-state index contributed by atoms with van der Waals surface area (Å²) >= 11 is 0. The number of aliphatic hydroxyl groups excluding tert-OH is 1. The molecule has 4 nitrogen and oxygen atoms in total. The first-order valence-corrected chi connectivity index (χ1v) is 6.77. The highest BCUT2D eigenvalue weighted by molar-refractivity contribution is 5.19. The van der Waals surface area contributed by atoms with Crippen LogP contribution in [0.2, 0.25) is 0 Å². The molecule has 0 saturated heterocycles. The number of aliphatic hydroxyl groups is 1. The summed E-state index contributed by atoms with van der Waals surface area (Å²) in [7, 11) is 0. The molecule has 1 heterocycles. The third kappa shape index (κ3) is 2.15. The first-order valence-electron chi connectivity index (χ1n) is 6.77. The summed E-state index contributed by atoms with van der Waals surface area (Å²) in [6, 6.07) is 2.38. The van der Waals surface area contributed by atoms with Gasteiger partial charge in [0.15, 0.2) is 0 Å². The third-order valence-corrected chi connectivity index (χ3v) is 4.27. The van der Waals surface area contributed by atoms with Crippen molar-refractivity contribution in [3.05, 3.63) is 18.0 Å². The van der Waals surface area contributed by atoms with Crippen LogP contribution in [0.4, 0.5) is 0 Å². The highest BCUT2D eigenvalue weighted by Crippen LogP contribution is 2.50. The monoisotopic (exact) mass is 247 g/mol. The average molecular weight is 247 g/mol. The summed E-state index contributed by atoms with van der Waals surface area (Å²) < 4.78 is 1.79. The highest BCUT2D eigenvalue weighted by atomic mass is 16.3. The maximum absolute atomic E-state index is 10.5.